The number of benzene rings is 1. The molecular weight excluding hydrogens is 272 g/mol. The molecule has 1 aliphatic heterocycles. The van der Waals surface area contributed by atoms with Gasteiger partial charge in [0.2, 0.25) is 0 Å². The number of carboxylic acids is 1. The van der Waals surface area contributed by atoms with Crippen molar-refractivity contribution in [3.63, 3.8) is 0 Å². The first-order valence-electron chi connectivity index (χ1n) is 6.77. The Hall–Kier alpha value is -2.24. The highest BCUT2D eigenvalue weighted by molar-refractivity contribution is 5.81. The summed E-state index contributed by atoms with van der Waals surface area (Å²) in [6.07, 6.45) is -0.368. The molecule has 0 radical (unpaired) electrons. The Morgan fingerprint density at radius 2 is 2.00 bits per heavy atom. The summed E-state index contributed by atoms with van der Waals surface area (Å²) in [5.74, 6) is -1.04. The summed E-state index contributed by atoms with van der Waals surface area (Å²) in [4.78, 5) is 24.9. The van der Waals surface area contributed by atoms with Gasteiger partial charge in [0.05, 0.1) is 6.54 Å². The smallest absolute Gasteiger partial charge is 0.411 e. The maximum atomic E-state index is 12.2. The number of amides is 1. The first kappa shape index (κ1) is 15.2. The van der Waals surface area contributed by atoms with E-state index in [2.05, 4.69) is 0 Å². The minimum Gasteiger partial charge on any atom is -0.480 e. The normalized spacial score (nSPS) is 18.0. The molecule has 0 aliphatic carbocycles. The van der Waals surface area contributed by atoms with Crippen LogP contribution in [-0.4, -0.2) is 33.7 Å². The predicted molar refractivity (Wildman–Crippen MR) is 77.8 cm³/mol. The summed E-state index contributed by atoms with van der Waals surface area (Å²) in [5.41, 5.74) is 7.43. The van der Waals surface area contributed by atoms with E-state index in [4.69, 9.17) is 10.5 Å². The molecule has 0 bridgehead atoms. The quantitative estimate of drug-likeness (QED) is 0.772. The zero-order chi connectivity index (χ0) is 15.8. The number of aliphatic carboxylic acids is 1. The Kier molecular flexibility index (Phi) is 3.80. The molecule has 0 aromatic heterocycles. The third-order valence-corrected chi connectivity index (χ3v) is 3.27. The summed E-state index contributed by atoms with van der Waals surface area (Å²) >= 11 is 0. The molecule has 1 aromatic carbocycles. The van der Waals surface area contributed by atoms with Crippen LogP contribution in [0.25, 0.3) is 0 Å². The molecule has 0 unspecified atom stereocenters. The Balaban J connectivity index is 2.30. The average Bonchev–Trinajstić information content (AvgIpc) is 2.34. The van der Waals surface area contributed by atoms with Gasteiger partial charge in [-0.2, -0.15) is 0 Å². The third kappa shape index (κ3) is 3.45. The lowest BCUT2D eigenvalue weighted by Gasteiger charge is -2.35. The van der Waals surface area contributed by atoms with Crippen molar-refractivity contribution < 1.29 is 19.4 Å². The number of carbonyl (C=O) groups is 2. The van der Waals surface area contributed by atoms with Gasteiger partial charge in [-0.3, -0.25) is 4.90 Å². The van der Waals surface area contributed by atoms with Crippen molar-refractivity contribution in [2.24, 2.45) is 0 Å². The van der Waals surface area contributed by atoms with Crippen molar-refractivity contribution in [3.05, 3.63) is 29.3 Å². The van der Waals surface area contributed by atoms with E-state index in [0.717, 1.165) is 11.1 Å². The molecule has 0 saturated heterocycles. The molecule has 2 rings (SSSR count). The van der Waals surface area contributed by atoms with Gasteiger partial charge in [-0.05, 0) is 44.0 Å². The fourth-order valence-corrected chi connectivity index (χ4v) is 2.34. The first-order chi connectivity index (χ1) is 9.67. The molecule has 1 aromatic rings. The fourth-order valence-electron chi connectivity index (χ4n) is 2.34. The molecular formula is C15H20N2O4. The SMILES string of the molecule is CC(C)(C)OC(=O)N1Cc2cc(N)ccc2C[C@@H]1C(=O)O. The van der Waals surface area contributed by atoms with Crippen LogP contribution in [0, 0.1) is 0 Å². The largest absolute Gasteiger partial charge is 0.480 e. The Labute approximate surface area is 123 Å². The van der Waals surface area contributed by atoms with E-state index in [-0.39, 0.29) is 13.0 Å². The van der Waals surface area contributed by atoms with E-state index in [1.165, 1.54) is 4.90 Å². The molecule has 114 valence electrons. The molecule has 21 heavy (non-hydrogen) atoms. The first-order valence-corrected chi connectivity index (χ1v) is 6.77. The van der Waals surface area contributed by atoms with E-state index in [1.54, 1.807) is 32.9 Å². The second-order valence-electron chi connectivity index (χ2n) is 6.19. The number of hydrogen-bond donors (Lipinski definition) is 2. The van der Waals surface area contributed by atoms with Crippen LogP contribution in [0.15, 0.2) is 18.2 Å². The lowest BCUT2D eigenvalue weighted by Crippen LogP contribution is -2.50. The lowest BCUT2D eigenvalue weighted by atomic mass is 9.94. The van der Waals surface area contributed by atoms with E-state index >= 15 is 0 Å². The maximum absolute atomic E-state index is 12.2. The molecule has 1 amide bonds. The highest BCUT2D eigenvalue weighted by Crippen LogP contribution is 2.27. The van der Waals surface area contributed by atoms with Crippen molar-refractivity contribution in [2.75, 3.05) is 5.73 Å². The standard InChI is InChI=1S/C15H20N2O4/c1-15(2,3)21-14(20)17-8-10-6-11(16)5-4-9(10)7-12(17)13(18)19/h4-6,12H,7-8,16H2,1-3H3,(H,18,19)/t12-/m1/s1. The van der Waals surface area contributed by atoms with Crippen LogP contribution in [-0.2, 0) is 22.5 Å². The van der Waals surface area contributed by atoms with Gasteiger partial charge in [-0.15, -0.1) is 0 Å². The van der Waals surface area contributed by atoms with Crippen molar-refractivity contribution in [1.29, 1.82) is 0 Å². The average molecular weight is 292 g/mol. The minimum atomic E-state index is -1.04. The highest BCUT2D eigenvalue weighted by Gasteiger charge is 2.36. The monoisotopic (exact) mass is 292 g/mol. The van der Waals surface area contributed by atoms with Gasteiger partial charge in [-0.25, -0.2) is 9.59 Å². The molecule has 6 nitrogen and oxygen atoms in total. The molecule has 3 N–H and O–H groups in total. The summed E-state index contributed by atoms with van der Waals surface area (Å²) < 4.78 is 5.30. The van der Waals surface area contributed by atoms with Crippen LogP contribution in [0.3, 0.4) is 0 Å². The molecule has 1 heterocycles. The number of nitrogens with two attached hydrogens (primary N) is 1. The number of nitrogens with zero attached hydrogens (tertiary/aromatic N) is 1. The number of rotatable bonds is 1. The number of carbonyl (C=O) groups excluding carboxylic acids is 1. The summed E-state index contributed by atoms with van der Waals surface area (Å²) in [7, 11) is 0. The van der Waals surface area contributed by atoms with Crippen LogP contribution in [0.4, 0.5) is 10.5 Å². The number of carboxylic acid groups (broad SMARTS) is 1. The van der Waals surface area contributed by atoms with Crippen LogP contribution in [0.5, 0.6) is 0 Å². The van der Waals surface area contributed by atoms with Crippen molar-refractivity contribution in [3.8, 4) is 0 Å². The zero-order valence-corrected chi connectivity index (χ0v) is 12.4. The van der Waals surface area contributed by atoms with Gasteiger partial charge >= 0.3 is 12.1 Å². The molecule has 1 atom stereocenters. The number of hydrogen-bond acceptors (Lipinski definition) is 4. The molecule has 1 aliphatic rings. The summed E-state index contributed by atoms with van der Waals surface area (Å²) in [5, 5.41) is 9.36. The van der Waals surface area contributed by atoms with Crippen LogP contribution in [0.1, 0.15) is 31.9 Å². The lowest BCUT2D eigenvalue weighted by molar-refractivity contribution is -0.143. The topological polar surface area (TPSA) is 92.9 Å². The van der Waals surface area contributed by atoms with Gasteiger partial charge in [0.15, 0.2) is 0 Å². The fraction of sp³-hybridized carbons (Fsp3) is 0.467. The van der Waals surface area contributed by atoms with E-state index in [1.807, 2.05) is 6.07 Å². The number of ether oxygens (including phenoxy) is 1. The van der Waals surface area contributed by atoms with Crippen molar-refractivity contribution >= 4 is 17.7 Å². The minimum absolute atomic E-state index is 0.187. The van der Waals surface area contributed by atoms with E-state index < -0.39 is 23.7 Å². The zero-order valence-electron chi connectivity index (χ0n) is 12.4. The second-order valence-corrected chi connectivity index (χ2v) is 6.19. The Bertz CT molecular complexity index is 578. The van der Waals surface area contributed by atoms with Gasteiger partial charge in [0.25, 0.3) is 0 Å². The van der Waals surface area contributed by atoms with Gasteiger partial charge < -0.3 is 15.6 Å². The maximum Gasteiger partial charge on any atom is 0.411 e. The van der Waals surface area contributed by atoms with Crippen LogP contribution < -0.4 is 5.73 Å². The summed E-state index contributed by atoms with van der Waals surface area (Å²) in [6.45, 7) is 5.43. The summed E-state index contributed by atoms with van der Waals surface area (Å²) in [6, 6.07) is 4.40. The third-order valence-electron chi connectivity index (χ3n) is 3.27. The van der Waals surface area contributed by atoms with Crippen LogP contribution in [0.2, 0.25) is 0 Å². The van der Waals surface area contributed by atoms with E-state index in [9.17, 15) is 14.7 Å². The predicted octanol–water partition coefficient (Wildman–Crippen LogP) is 2.02. The van der Waals surface area contributed by atoms with Crippen molar-refractivity contribution in [1.82, 2.24) is 4.90 Å². The Morgan fingerprint density at radius 3 is 2.57 bits per heavy atom. The van der Waals surface area contributed by atoms with Crippen LogP contribution >= 0.6 is 0 Å². The Morgan fingerprint density at radius 1 is 1.33 bits per heavy atom. The number of anilines is 1. The van der Waals surface area contributed by atoms with Crippen molar-refractivity contribution in [2.45, 2.75) is 45.4 Å². The molecule has 0 fully saturated rings. The second kappa shape index (κ2) is 5.27. The molecule has 0 spiro atoms. The van der Waals surface area contributed by atoms with Gasteiger partial charge in [0.1, 0.15) is 11.6 Å². The highest BCUT2D eigenvalue weighted by atomic mass is 16.6. The van der Waals surface area contributed by atoms with Gasteiger partial charge in [0, 0.05) is 12.1 Å². The number of nitrogen functional groups attached to an aromatic ring is 1. The van der Waals surface area contributed by atoms with E-state index in [0.29, 0.717) is 5.69 Å². The molecule has 6 heteroatoms. The number of fused-ring (bicyclic) bond motifs is 1. The molecule has 0 saturated carbocycles. The van der Waals surface area contributed by atoms with Gasteiger partial charge in [-0.1, -0.05) is 6.07 Å².